The van der Waals surface area contributed by atoms with Crippen LogP contribution in [0.4, 0.5) is 0 Å². The second-order valence-corrected chi connectivity index (χ2v) is 6.53. The van der Waals surface area contributed by atoms with Gasteiger partial charge in [-0.3, -0.25) is 9.59 Å². The van der Waals surface area contributed by atoms with Crippen LogP contribution in [0.1, 0.15) is 37.8 Å². The lowest BCUT2D eigenvalue weighted by Crippen LogP contribution is -2.20. The number of para-hydroxylation sites is 1. The summed E-state index contributed by atoms with van der Waals surface area (Å²) in [4.78, 5) is 29.2. The maximum atomic E-state index is 13.2. The molecule has 1 aliphatic carbocycles. The van der Waals surface area contributed by atoms with E-state index in [1.807, 2.05) is 24.3 Å². The van der Waals surface area contributed by atoms with Crippen molar-refractivity contribution in [3.05, 3.63) is 70.8 Å². The molecule has 0 unspecified atom stereocenters. The van der Waals surface area contributed by atoms with Gasteiger partial charge in [0, 0.05) is 39.9 Å². The van der Waals surface area contributed by atoms with Crippen molar-refractivity contribution in [1.29, 1.82) is 0 Å². The van der Waals surface area contributed by atoms with Gasteiger partial charge in [-0.1, -0.05) is 18.2 Å². The van der Waals surface area contributed by atoms with Crippen LogP contribution in [0, 0.1) is 6.92 Å². The van der Waals surface area contributed by atoms with Crippen molar-refractivity contribution in [2.24, 2.45) is 0 Å². The number of hydrogen-bond acceptors (Lipinski definition) is 5. The molecule has 2 aromatic heterocycles. The summed E-state index contributed by atoms with van der Waals surface area (Å²) in [6.45, 7) is 1.69. The van der Waals surface area contributed by atoms with E-state index in [9.17, 15) is 19.8 Å². The quantitative estimate of drug-likeness (QED) is 0.421. The van der Waals surface area contributed by atoms with Crippen LogP contribution in [-0.4, -0.2) is 26.8 Å². The van der Waals surface area contributed by atoms with Crippen molar-refractivity contribution in [2.75, 3.05) is 0 Å². The van der Waals surface area contributed by atoms with Gasteiger partial charge in [0.15, 0.2) is 5.76 Å². The van der Waals surface area contributed by atoms with Crippen molar-refractivity contribution < 1.29 is 24.2 Å². The number of carbonyl (C=O) groups is 2. The first-order chi connectivity index (χ1) is 13.0. The van der Waals surface area contributed by atoms with Gasteiger partial charge in [0.05, 0.1) is 11.1 Å². The number of carbonyl (C=O) groups excluding carboxylic acids is 2. The van der Waals surface area contributed by atoms with E-state index in [-0.39, 0.29) is 28.2 Å². The second-order valence-electron chi connectivity index (χ2n) is 6.53. The summed E-state index contributed by atoms with van der Waals surface area (Å²) in [5.74, 6) is -1.42. The van der Waals surface area contributed by atoms with Gasteiger partial charge in [-0.2, -0.15) is 0 Å². The molecule has 0 atom stereocenters. The molecule has 5 rings (SSSR count). The van der Waals surface area contributed by atoms with E-state index >= 15 is 0 Å². The highest BCUT2D eigenvalue weighted by Gasteiger charge is 2.39. The monoisotopic (exact) mass is 359 g/mol. The van der Waals surface area contributed by atoms with Gasteiger partial charge in [0.1, 0.15) is 17.3 Å². The molecule has 132 valence electrons. The van der Waals surface area contributed by atoms with E-state index in [2.05, 4.69) is 4.98 Å². The zero-order valence-corrected chi connectivity index (χ0v) is 14.2. The molecule has 0 saturated carbocycles. The van der Waals surface area contributed by atoms with E-state index < -0.39 is 17.3 Å². The van der Waals surface area contributed by atoms with Crippen LogP contribution < -0.4 is 0 Å². The first-order valence-electron chi connectivity index (χ1n) is 8.32. The summed E-state index contributed by atoms with van der Waals surface area (Å²) in [6, 6.07) is 9.83. The van der Waals surface area contributed by atoms with E-state index in [4.69, 9.17) is 4.42 Å². The molecule has 0 saturated heterocycles. The van der Waals surface area contributed by atoms with Crippen molar-refractivity contribution in [3.8, 4) is 22.6 Å². The minimum atomic E-state index is -0.542. The number of furan rings is 1. The summed E-state index contributed by atoms with van der Waals surface area (Å²) >= 11 is 0. The Morgan fingerprint density at radius 1 is 0.926 bits per heavy atom. The highest BCUT2D eigenvalue weighted by Crippen LogP contribution is 2.43. The third-order valence-corrected chi connectivity index (χ3v) is 4.95. The maximum Gasteiger partial charge on any atom is 0.230 e. The van der Waals surface area contributed by atoms with Gasteiger partial charge >= 0.3 is 0 Å². The molecule has 2 heterocycles. The Balaban J connectivity index is 1.83. The average Bonchev–Trinajstić information content (AvgIpc) is 3.20. The molecule has 1 aliphatic rings. The molecule has 6 heteroatoms. The van der Waals surface area contributed by atoms with Crippen LogP contribution in [0.5, 0.6) is 11.5 Å². The Kier molecular flexibility index (Phi) is 2.92. The summed E-state index contributed by atoms with van der Waals surface area (Å²) in [6.07, 6.45) is 1.77. The first-order valence-corrected chi connectivity index (χ1v) is 8.32. The lowest BCUT2D eigenvalue weighted by Gasteiger charge is -2.15. The number of benzene rings is 2. The lowest BCUT2D eigenvalue weighted by molar-refractivity contribution is 0.0957. The number of aromatic amines is 1. The predicted molar refractivity (Wildman–Crippen MR) is 97.4 cm³/mol. The Morgan fingerprint density at radius 3 is 2.52 bits per heavy atom. The Bertz CT molecular complexity index is 1290. The van der Waals surface area contributed by atoms with Gasteiger partial charge in [0.2, 0.25) is 11.6 Å². The van der Waals surface area contributed by atoms with Gasteiger partial charge < -0.3 is 19.6 Å². The fourth-order valence-corrected chi connectivity index (χ4v) is 3.80. The molecular formula is C21H13NO5. The zero-order valence-electron chi connectivity index (χ0n) is 14.2. The molecular weight excluding hydrogens is 346 g/mol. The fourth-order valence-electron chi connectivity index (χ4n) is 3.80. The SMILES string of the molecule is Cc1oc2c(c1-c1c[nH]c3ccccc13)C(=O)c1c(O)cc(O)cc1C2=O. The topological polar surface area (TPSA) is 104 Å². The largest absolute Gasteiger partial charge is 0.508 e. The molecule has 0 amide bonds. The summed E-state index contributed by atoms with van der Waals surface area (Å²) in [7, 11) is 0. The van der Waals surface area contributed by atoms with Crippen LogP contribution in [-0.2, 0) is 0 Å². The predicted octanol–water partition coefficient (Wildman–Crippen LogP) is 3.92. The number of phenolic OH excluding ortho intramolecular Hbond substituents is 2. The molecule has 6 nitrogen and oxygen atoms in total. The Hall–Kier alpha value is -3.80. The molecule has 0 aliphatic heterocycles. The number of fused-ring (bicyclic) bond motifs is 3. The Morgan fingerprint density at radius 2 is 1.70 bits per heavy atom. The maximum absolute atomic E-state index is 13.2. The first kappa shape index (κ1) is 15.5. The van der Waals surface area contributed by atoms with Crippen LogP contribution in [0.15, 0.2) is 47.0 Å². The number of phenols is 2. The minimum Gasteiger partial charge on any atom is -0.508 e. The van der Waals surface area contributed by atoms with Gasteiger partial charge in [-0.25, -0.2) is 0 Å². The smallest absolute Gasteiger partial charge is 0.230 e. The van der Waals surface area contributed by atoms with Crippen LogP contribution in [0.25, 0.3) is 22.0 Å². The zero-order chi connectivity index (χ0) is 18.9. The average molecular weight is 359 g/mol. The number of ketones is 2. The number of aromatic nitrogens is 1. The summed E-state index contributed by atoms with van der Waals surface area (Å²) in [5.41, 5.74) is 2.12. The van der Waals surface area contributed by atoms with Crippen LogP contribution in [0.3, 0.4) is 0 Å². The molecule has 27 heavy (non-hydrogen) atoms. The van der Waals surface area contributed by atoms with Crippen molar-refractivity contribution in [2.45, 2.75) is 6.92 Å². The third kappa shape index (κ3) is 1.95. The molecule has 3 N–H and O–H groups in total. The van der Waals surface area contributed by atoms with Gasteiger partial charge in [0.25, 0.3) is 0 Å². The van der Waals surface area contributed by atoms with Crippen molar-refractivity contribution in [3.63, 3.8) is 0 Å². The third-order valence-electron chi connectivity index (χ3n) is 4.95. The summed E-state index contributed by atoms with van der Waals surface area (Å²) < 4.78 is 5.68. The molecule has 0 bridgehead atoms. The van der Waals surface area contributed by atoms with E-state index in [1.165, 1.54) is 6.07 Å². The van der Waals surface area contributed by atoms with E-state index in [1.54, 1.807) is 13.1 Å². The second kappa shape index (κ2) is 5.11. The highest BCUT2D eigenvalue weighted by molar-refractivity contribution is 6.31. The molecule has 0 spiro atoms. The minimum absolute atomic E-state index is 0.0655. The number of rotatable bonds is 1. The highest BCUT2D eigenvalue weighted by atomic mass is 16.3. The standard InChI is InChI=1S/C21H13NO5/c1-9-16(13-8-22-14-5-3-2-4-11(13)14)18-20(26)17-12(19(25)21(18)27-9)6-10(23)7-15(17)24/h2-8,22-24H,1H3. The number of aromatic hydroxyl groups is 2. The lowest BCUT2D eigenvalue weighted by atomic mass is 9.84. The molecule has 2 aromatic carbocycles. The van der Waals surface area contributed by atoms with E-state index in [0.717, 1.165) is 22.5 Å². The fraction of sp³-hybridized carbons (Fsp3) is 0.0476. The number of H-pyrrole nitrogens is 1. The number of nitrogens with one attached hydrogen (secondary N) is 1. The molecule has 0 fully saturated rings. The normalized spacial score (nSPS) is 13.1. The van der Waals surface area contributed by atoms with Gasteiger partial charge in [-0.05, 0) is 19.1 Å². The number of hydrogen-bond donors (Lipinski definition) is 3. The van der Waals surface area contributed by atoms with E-state index in [0.29, 0.717) is 11.3 Å². The molecule has 4 aromatic rings. The summed E-state index contributed by atoms with van der Waals surface area (Å²) in [5, 5.41) is 20.8. The number of aryl methyl sites for hydroxylation is 1. The van der Waals surface area contributed by atoms with Crippen LogP contribution >= 0.6 is 0 Å². The van der Waals surface area contributed by atoms with Gasteiger partial charge in [-0.15, -0.1) is 0 Å². The van der Waals surface area contributed by atoms with Crippen molar-refractivity contribution in [1.82, 2.24) is 4.98 Å². The Labute approximate surface area is 152 Å². The van der Waals surface area contributed by atoms with Crippen molar-refractivity contribution >= 4 is 22.5 Å². The molecule has 0 radical (unpaired) electrons. The van der Waals surface area contributed by atoms with Crippen LogP contribution in [0.2, 0.25) is 0 Å².